The van der Waals surface area contributed by atoms with Gasteiger partial charge in [-0.2, -0.15) is 0 Å². The number of likely N-dealkylation sites (tertiary alicyclic amines) is 1. The average molecular weight is 343 g/mol. The third-order valence-corrected chi connectivity index (χ3v) is 4.17. The molecule has 3 rings (SSSR count). The summed E-state index contributed by atoms with van der Waals surface area (Å²) in [5, 5.41) is 13.9. The van der Waals surface area contributed by atoms with Crippen LogP contribution in [0.1, 0.15) is 24.0 Å². The molecule has 1 fully saturated rings. The summed E-state index contributed by atoms with van der Waals surface area (Å²) in [4.78, 5) is 24.0. The van der Waals surface area contributed by atoms with Crippen LogP contribution in [0.3, 0.4) is 0 Å². The second-order valence-corrected chi connectivity index (χ2v) is 6.01. The van der Waals surface area contributed by atoms with Crippen molar-refractivity contribution in [2.75, 3.05) is 11.9 Å². The van der Waals surface area contributed by atoms with E-state index >= 15 is 0 Å². The summed E-state index contributed by atoms with van der Waals surface area (Å²) >= 11 is 0. The first-order valence-corrected chi connectivity index (χ1v) is 8.06. The lowest BCUT2D eigenvalue weighted by Crippen LogP contribution is -2.23. The Labute approximate surface area is 144 Å². The molecule has 0 atom stereocenters. The molecule has 2 aromatic carbocycles. The van der Waals surface area contributed by atoms with Gasteiger partial charge in [0.2, 0.25) is 5.91 Å². The molecule has 0 saturated carbocycles. The minimum atomic E-state index is -0.544. The van der Waals surface area contributed by atoms with E-state index in [1.54, 1.807) is 0 Å². The smallest absolute Gasteiger partial charge is 0.292 e. The molecule has 0 spiro atoms. The third kappa shape index (κ3) is 4.12. The summed E-state index contributed by atoms with van der Waals surface area (Å²) in [6, 6.07) is 11.0. The summed E-state index contributed by atoms with van der Waals surface area (Å²) in [7, 11) is 0. The fourth-order valence-corrected chi connectivity index (χ4v) is 2.94. The van der Waals surface area contributed by atoms with E-state index in [-0.39, 0.29) is 17.3 Å². The Hall–Kier alpha value is -2.96. The Bertz CT molecular complexity index is 810. The molecule has 0 aromatic heterocycles. The van der Waals surface area contributed by atoms with Crippen LogP contribution in [0, 0.1) is 15.9 Å². The van der Waals surface area contributed by atoms with Gasteiger partial charge in [0.25, 0.3) is 5.69 Å². The lowest BCUT2D eigenvalue weighted by atomic mass is 10.1. The van der Waals surface area contributed by atoms with Gasteiger partial charge in [0.15, 0.2) is 0 Å². The highest BCUT2D eigenvalue weighted by molar-refractivity contribution is 5.78. The van der Waals surface area contributed by atoms with E-state index in [0.717, 1.165) is 42.3 Å². The number of nitro groups is 1. The molecule has 25 heavy (non-hydrogen) atoms. The highest BCUT2D eigenvalue weighted by Gasteiger charge is 2.20. The number of carbonyl (C=O) groups is 1. The molecule has 1 saturated heterocycles. The average Bonchev–Trinajstić information content (AvgIpc) is 2.98. The Kier molecular flexibility index (Phi) is 4.92. The highest BCUT2D eigenvalue weighted by Crippen LogP contribution is 2.25. The topological polar surface area (TPSA) is 75.5 Å². The maximum Gasteiger partial charge on any atom is 0.292 e. The summed E-state index contributed by atoms with van der Waals surface area (Å²) in [5.41, 5.74) is 1.89. The lowest BCUT2D eigenvalue weighted by Gasteiger charge is -2.16. The predicted octanol–water partition coefficient (Wildman–Crippen LogP) is 3.47. The highest BCUT2D eigenvalue weighted by atomic mass is 19.1. The zero-order valence-electron chi connectivity index (χ0n) is 13.6. The van der Waals surface area contributed by atoms with Crippen molar-refractivity contribution in [1.29, 1.82) is 0 Å². The van der Waals surface area contributed by atoms with Crippen molar-refractivity contribution in [3.8, 4) is 0 Å². The van der Waals surface area contributed by atoms with Gasteiger partial charge >= 0.3 is 0 Å². The Balaban J connectivity index is 1.70. The monoisotopic (exact) mass is 343 g/mol. The number of benzene rings is 2. The molecule has 1 aliphatic rings. The van der Waals surface area contributed by atoms with E-state index in [9.17, 15) is 19.3 Å². The number of rotatable bonds is 6. The first kappa shape index (κ1) is 16.9. The SMILES string of the molecule is O=C1CCCN1Cc1cccc(CNc2cc(F)ccc2[N+](=O)[O-])c1. The van der Waals surface area contributed by atoms with Gasteiger partial charge in [0.05, 0.1) is 4.92 Å². The van der Waals surface area contributed by atoms with Crippen LogP contribution in [0.2, 0.25) is 0 Å². The summed E-state index contributed by atoms with van der Waals surface area (Å²) in [5.74, 6) is -0.367. The van der Waals surface area contributed by atoms with E-state index in [1.807, 2.05) is 29.2 Å². The Morgan fingerprint density at radius 3 is 2.72 bits per heavy atom. The van der Waals surface area contributed by atoms with Crippen LogP contribution in [0.4, 0.5) is 15.8 Å². The van der Waals surface area contributed by atoms with Crippen LogP contribution < -0.4 is 5.32 Å². The second-order valence-electron chi connectivity index (χ2n) is 6.01. The summed E-state index contributed by atoms with van der Waals surface area (Å²) in [6.45, 7) is 1.66. The van der Waals surface area contributed by atoms with Gasteiger partial charge in [-0.15, -0.1) is 0 Å². The molecule has 1 heterocycles. The lowest BCUT2D eigenvalue weighted by molar-refractivity contribution is -0.384. The molecule has 0 bridgehead atoms. The van der Waals surface area contributed by atoms with Gasteiger partial charge in [-0.3, -0.25) is 14.9 Å². The standard InChI is InChI=1S/C18H18FN3O3/c19-15-6-7-17(22(24)25)16(10-15)20-11-13-3-1-4-14(9-13)12-21-8-2-5-18(21)23/h1,3-4,6-7,9-10,20H,2,5,8,11-12H2. The minimum Gasteiger partial charge on any atom is -0.375 e. The van der Waals surface area contributed by atoms with Crippen molar-refractivity contribution in [3.63, 3.8) is 0 Å². The molecule has 2 aromatic rings. The number of anilines is 1. The number of halogens is 1. The van der Waals surface area contributed by atoms with Gasteiger partial charge in [0.1, 0.15) is 11.5 Å². The molecule has 130 valence electrons. The molecule has 1 N–H and O–H groups in total. The second kappa shape index (κ2) is 7.29. The van der Waals surface area contributed by atoms with Gasteiger partial charge in [-0.25, -0.2) is 4.39 Å². The summed E-state index contributed by atoms with van der Waals surface area (Å²) < 4.78 is 13.4. The van der Waals surface area contributed by atoms with Gasteiger partial charge < -0.3 is 10.2 Å². The van der Waals surface area contributed by atoms with Crippen molar-refractivity contribution < 1.29 is 14.1 Å². The van der Waals surface area contributed by atoms with Crippen molar-refractivity contribution in [1.82, 2.24) is 4.90 Å². The van der Waals surface area contributed by atoms with Crippen LogP contribution >= 0.6 is 0 Å². The molecule has 0 aliphatic carbocycles. The molecule has 0 unspecified atom stereocenters. The van der Waals surface area contributed by atoms with Crippen LogP contribution in [-0.2, 0) is 17.9 Å². The van der Waals surface area contributed by atoms with Crippen molar-refractivity contribution in [2.45, 2.75) is 25.9 Å². The number of nitrogens with zero attached hydrogens (tertiary/aromatic N) is 2. The van der Waals surface area contributed by atoms with E-state index < -0.39 is 10.7 Å². The van der Waals surface area contributed by atoms with E-state index in [2.05, 4.69) is 5.32 Å². The van der Waals surface area contributed by atoms with Crippen molar-refractivity contribution >= 4 is 17.3 Å². The Morgan fingerprint density at radius 2 is 2.00 bits per heavy atom. The molecule has 7 heteroatoms. The number of amides is 1. The number of hydrogen-bond donors (Lipinski definition) is 1. The number of nitro benzene ring substituents is 1. The van der Waals surface area contributed by atoms with Crippen molar-refractivity contribution in [2.24, 2.45) is 0 Å². The first-order valence-electron chi connectivity index (χ1n) is 8.06. The number of carbonyl (C=O) groups excluding carboxylic acids is 1. The largest absolute Gasteiger partial charge is 0.375 e. The van der Waals surface area contributed by atoms with Crippen LogP contribution in [0.5, 0.6) is 0 Å². The van der Waals surface area contributed by atoms with Crippen LogP contribution in [-0.4, -0.2) is 22.3 Å². The zero-order chi connectivity index (χ0) is 17.8. The number of nitrogens with one attached hydrogen (secondary N) is 1. The Morgan fingerprint density at radius 1 is 1.20 bits per heavy atom. The molecule has 1 amide bonds. The molecule has 0 radical (unpaired) electrons. The predicted molar refractivity (Wildman–Crippen MR) is 91.5 cm³/mol. The normalized spacial score (nSPS) is 14.0. The quantitative estimate of drug-likeness (QED) is 0.644. The maximum atomic E-state index is 13.4. The molecule has 1 aliphatic heterocycles. The van der Waals surface area contributed by atoms with E-state index in [4.69, 9.17) is 0 Å². The van der Waals surface area contributed by atoms with Crippen LogP contribution in [0.25, 0.3) is 0 Å². The van der Waals surface area contributed by atoms with Gasteiger partial charge in [-0.1, -0.05) is 24.3 Å². The van der Waals surface area contributed by atoms with Gasteiger partial charge in [-0.05, 0) is 23.6 Å². The minimum absolute atomic E-state index is 0.144. The van der Waals surface area contributed by atoms with Crippen molar-refractivity contribution in [3.05, 3.63) is 69.5 Å². The first-order chi connectivity index (χ1) is 12.0. The summed E-state index contributed by atoms with van der Waals surface area (Å²) in [6.07, 6.45) is 1.49. The third-order valence-electron chi connectivity index (χ3n) is 4.17. The molecule has 6 nitrogen and oxygen atoms in total. The number of hydrogen-bond acceptors (Lipinski definition) is 4. The zero-order valence-corrected chi connectivity index (χ0v) is 13.6. The van der Waals surface area contributed by atoms with E-state index in [0.29, 0.717) is 19.5 Å². The maximum absolute atomic E-state index is 13.4. The fourth-order valence-electron chi connectivity index (χ4n) is 2.94. The van der Waals surface area contributed by atoms with Crippen LogP contribution in [0.15, 0.2) is 42.5 Å². The van der Waals surface area contributed by atoms with Gasteiger partial charge in [0, 0.05) is 38.2 Å². The van der Waals surface area contributed by atoms with E-state index in [1.165, 1.54) is 0 Å². The molecular formula is C18H18FN3O3. The molecular weight excluding hydrogens is 325 g/mol. The fraction of sp³-hybridized carbons (Fsp3) is 0.278.